The highest BCUT2D eigenvalue weighted by Gasteiger charge is 2.33. The van der Waals surface area contributed by atoms with Gasteiger partial charge in [0.25, 0.3) is 0 Å². The van der Waals surface area contributed by atoms with Crippen LogP contribution < -0.4 is 5.32 Å². The Morgan fingerprint density at radius 1 is 1.19 bits per heavy atom. The van der Waals surface area contributed by atoms with Crippen LogP contribution in [0.3, 0.4) is 0 Å². The molecule has 0 unspecified atom stereocenters. The van der Waals surface area contributed by atoms with Gasteiger partial charge in [-0.15, -0.1) is 0 Å². The number of halogens is 1. The molecule has 0 radical (unpaired) electrons. The first-order valence-electron chi connectivity index (χ1n) is 8.87. The monoisotopic (exact) mass is 370 g/mol. The van der Waals surface area contributed by atoms with Crippen molar-refractivity contribution in [3.05, 3.63) is 70.2 Å². The molecule has 0 aliphatic carbocycles. The van der Waals surface area contributed by atoms with E-state index < -0.39 is 0 Å². The van der Waals surface area contributed by atoms with E-state index >= 15 is 0 Å². The number of carbonyl (C=O) groups excluding carboxylic acids is 2. The number of nitrogens with zero attached hydrogens (tertiary/aromatic N) is 1. The summed E-state index contributed by atoms with van der Waals surface area (Å²) in [5, 5.41) is 3.53. The normalized spacial score (nSPS) is 16.8. The van der Waals surface area contributed by atoms with Crippen molar-refractivity contribution in [2.75, 3.05) is 13.1 Å². The van der Waals surface area contributed by atoms with E-state index in [4.69, 9.17) is 11.6 Å². The molecule has 5 heteroatoms. The highest BCUT2D eigenvalue weighted by atomic mass is 35.5. The fourth-order valence-corrected chi connectivity index (χ4v) is 3.35. The molecular formula is C21H23ClN2O2. The van der Waals surface area contributed by atoms with Crippen LogP contribution in [0, 0.1) is 12.8 Å². The molecule has 3 rings (SSSR count). The quantitative estimate of drug-likeness (QED) is 0.847. The lowest BCUT2D eigenvalue weighted by molar-refractivity contribution is -0.129. The number of hydrogen-bond donors (Lipinski definition) is 1. The predicted octanol–water partition coefficient (Wildman–Crippen LogP) is 3.36. The second-order valence-electron chi connectivity index (χ2n) is 6.79. The van der Waals surface area contributed by atoms with Gasteiger partial charge in [-0.05, 0) is 30.5 Å². The molecule has 0 bridgehead atoms. The first-order valence-corrected chi connectivity index (χ1v) is 9.25. The molecule has 1 saturated heterocycles. The lowest BCUT2D eigenvalue weighted by Gasteiger charge is -2.17. The standard InChI is InChI=1S/C21H23ClN2O2/c1-15-6-8-16(9-7-15)10-11-24-14-18(12-20(24)25)21(26)23-13-17-4-2-3-5-19(17)22/h2-9,18H,10-14H2,1H3,(H,23,26)/t18-/m0/s1. The van der Waals surface area contributed by atoms with E-state index in [1.54, 1.807) is 11.0 Å². The van der Waals surface area contributed by atoms with E-state index in [1.165, 1.54) is 11.1 Å². The Labute approximate surface area is 159 Å². The first-order chi connectivity index (χ1) is 12.5. The van der Waals surface area contributed by atoms with Gasteiger partial charge >= 0.3 is 0 Å². The third-order valence-corrected chi connectivity index (χ3v) is 5.16. The highest BCUT2D eigenvalue weighted by Crippen LogP contribution is 2.20. The van der Waals surface area contributed by atoms with Crippen molar-refractivity contribution in [2.24, 2.45) is 5.92 Å². The van der Waals surface area contributed by atoms with Gasteiger partial charge in [-0.2, -0.15) is 0 Å². The van der Waals surface area contributed by atoms with E-state index in [0.717, 1.165) is 12.0 Å². The number of amides is 2. The second kappa shape index (κ2) is 8.37. The summed E-state index contributed by atoms with van der Waals surface area (Å²) in [6.45, 7) is 3.57. The Morgan fingerprint density at radius 2 is 1.92 bits per heavy atom. The maximum absolute atomic E-state index is 12.4. The average molecular weight is 371 g/mol. The van der Waals surface area contributed by atoms with Crippen molar-refractivity contribution < 1.29 is 9.59 Å². The number of aryl methyl sites for hydroxylation is 1. The van der Waals surface area contributed by atoms with Gasteiger partial charge in [0.2, 0.25) is 11.8 Å². The van der Waals surface area contributed by atoms with Crippen molar-refractivity contribution in [1.29, 1.82) is 0 Å². The van der Waals surface area contributed by atoms with E-state index in [1.807, 2.05) is 18.2 Å². The maximum Gasteiger partial charge on any atom is 0.225 e. The SMILES string of the molecule is Cc1ccc(CCN2C[C@@H](C(=O)NCc3ccccc3Cl)CC2=O)cc1. The van der Waals surface area contributed by atoms with E-state index in [9.17, 15) is 9.59 Å². The molecule has 136 valence electrons. The van der Waals surface area contributed by atoms with Crippen LogP contribution >= 0.6 is 11.6 Å². The van der Waals surface area contributed by atoms with Crippen LogP contribution in [-0.4, -0.2) is 29.8 Å². The van der Waals surface area contributed by atoms with Crippen molar-refractivity contribution >= 4 is 23.4 Å². The van der Waals surface area contributed by atoms with Gasteiger partial charge in [-0.3, -0.25) is 9.59 Å². The number of nitrogens with one attached hydrogen (secondary N) is 1. The number of hydrogen-bond acceptors (Lipinski definition) is 2. The smallest absolute Gasteiger partial charge is 0.225 e. The van der Waals surface area contributed by atoms with E-state index in [0.29, 0.717) is 24.7 Å². The Bertz CT molecular complexity index is 789. The topological polar surface area (TPSA) is 49.4 Å². The fraction of sp³-hybridized carbons (Fsp3) is 0.333. The molecule has 1 aliphatic heterocycles. The van der Waals surface area contributed by atoms with Crippen molar-refractivity contribution in [1.82, 2.24) is 10.2 Å². The molecule has 2 aromatic carbocycles. The number of likely N-dealkylation sites (tertiary alicyclic amines) is 1. The molecule has 4 nitrogen and oxygen atoms in total. The second-order valence-corrected chi connectivity index (χ2v) is 7.19. The van der Waals surface area contributed by atoms with Crippen LogP contribution in [0.5, 0.6) is 0 Å². The third kappa shape index (κ3) is 4.64. The van der Waals surface area contributed by atoms with Gasteiger partial charge in [0.05, 0.1) is 5.92 Å². The Kier molecular flexibility index (Phi) is 5.94. The molecule has 1 aliphatic rings. The summed E-state index contributed by atoms with van der Waals surface area (Å²) in [4.78, 5) is 26.4. The minimum absolute atomic E-state index is 0.0509. The van der Waals surface area contributed by atoms with E-state index in [-0.39, 0.29) is 24.2 Å². The fourth-order valence-electron chi connectivity index (χ4n) is 3.15. The molecule has 1 heterocycles. The molecule has 26 heavy (non-hydrogen) atoms. The average Bonchev–Trinajstić information content (AvgIpc) is 3.01. The summed E-state index contributed by atoms with van der Waals surface area (Å²) in [5.41, 5.74) is 3.30. The van der Waals surface area contributed by atoms with Gasteiger partial charge in [0, 0.05) is 31.1 Å². The van der Waals surface area contributed by atoms with Gasteiger partial charge in [-0.1, -0.05) is 59.6 Å². The minimum atomic E-state index is -0.289. The van der Waals surface area contributed by atoms with Crippen LogP contribution in [0.25, 0.3) is 0 Å². The molecule has 2 amide bonds. The summed E-state index contributed by atoms with van der Waals surface area (Å²) in [5.74, 6) is -0.325. The molecule has 0 aromatic heterocycles. The summed E-state index contributed by atoms with van der Waals surface area (Å²) in [6.07, 6.45) is 1.09. The van der Waals surface area contributed by atoms with Crippen LogP contribution in [0.15, 0.2) is 48.5 Å². The molecule has 0 saturated carbocycles. The van der Waals surface area contributed by atoms with Crippen LogP contribution in [0.1, 0.15) is 23.1 Å². The Balaban J connectivity index is 1.49. The first kappa shape index (κ1) is 18.5. The van der Waals surface area contributed by atoms with Crippen LogP contribution in [-0.2, 0) is 22.6 Å². The summed E-state index contributed by atoms with van der Waals surface area (Å²) >= 11 is 6.11. The zero-order valence-corrected chi connectivity index (χ0v) is 15.6. The molecule has 1 atom stereocenters. The van der Waals surface area contributed by atoms with Gasteiger partial charge in [-0.25, -0.2) is 0 Å². The summed E-state index contributed by atoms with van der Waals surface area (Å²) in [6, 6.07) is 15.8. The van der Waals surface area contributed by atoms with Crippen LogP contribution in [0.4, 0.5) is 0 Å². The lowest BCUT2D eigenvalue weighted by Crippen LogP contribution is -2.33. The molecule has 1 N–H and O–H groups in total. The number of rotatable bonds is 6. The summed E-state index contributed by atoms with van der Waals surface area (Å²) < 4.78 is 0. The molecule has 1 fully saturated rings. The Morgan fingerprint density at radius 3 is 2.65 bits per heavy atom. The third-order valence-electron chi connectivity index (χ3n) is 4.79. The lowest BCUT2D eigenvalue weighted by atomic mass is 10.1. The molecule has 0 spiro atoms. The zero-order valence-electron chi connectivity index (χ0n) is 14.9. The Hall–Kier alpha value is -2.33. The van der Waals surface area contributed by atoms with Gasteiger partial charge in [0.15, 0.2) is 0 Å². The van der Waals surface area contributed by atoms with Crippen molar-refractivity contribution in [3.8, 4) is 0 Å². The molecular weight excluding hydrogens is 348 g/mol. The van der Waals surface area contributed by atoms with Crippen LogP contribution in [0.2, 0.25) is 5.02 Å². The van der Waals surface area contributed by atoms with Gasteiger partial charge in [0.1, 0.15) is 0 Å². The highest BCUT2D eigenvalue weighted by molar-refractivity contribution is 6.31. The van der Waals surface area contributed by atoms with E-state index in [2.05, 4.69) is 36.5 Å². The predicted molar refractivity (Wildman–Crippen MR) is 103 cm³/mol. The zero-order chi connectivity index (χ0) is 18.5. The minimum Gasteiger partial charge on any atom is -0.352 e. The van der Waals surface area contributed by atoms with Crippen molar-refractivity contribution in [3.63, 3.8) is 0 Å². The molecule has 2 aromatic rings. The largest absolute Gasteiger partial charge is 0.352 e. The maximum atomic E-state index is 12.4. The van der Waals surface area contributed by atoms with Gasteiger partial charge < -0.3 is 10.2 Å². The number of benzene rings is 2. The number of carbonyl (C=O) groups is 2. The van der Waals surface area contributed by atoms with Crippen molar-refractivity contribution in [2.45, 2.75) is 26.3 Å². The summed E-state index contributed by atoms with van der Waals surface area (Å²) in [7, 11) is 0.